The van der Waals surface area contributed by atoms with Gasteiger partial charge in [0.1, 0.15) is 0 Å². The molecule has 2 rings (SSSR count). The highest BCUT2D eigenvalue weighted by Crippen LogP contribution is 2.23. The highest BCUT2D eigenvalue weighted by Gasteiger charge is 2.10. The fraction of sp³-hybridized carbons (Fsp3) is 0.625. The Bertz CT molecular complexity index is 373. The van der Waals surface area contributed by atoms with Gasteiger partial charge in [-0.1, -0.05) is 32.4 Å². The van der Waals surface area contributed by atoms with Gasteiger partial charge in [-0.25, -0.2) is 0 Å². The number of rotatable bonds is 6. The SMILES string of the molecule is CCCCN(CC)Cc1ccc2c(c1)CCCN2. The van der Waals surface area contributed by atoms with Crippen LogP contribution in [-0.2, 0) is 13.0 Å². The van der Waals surface area contributed by atoms with E-state index in [4.69, 9.17) is 0 Å². The van der Waals surface area contributed by atoms with Crippen LogP contribution in [0.25, 0.3) is 0 Å². The van der Waals surface area contributed by atoms with E-state index in [2.05, 4.69) is 42.3 Å². The number of anilines is 1. The Morgan fingerprint density at radius 1 is 1.28 bits per heavy atom. The van der Waals surface area contributed by atoms with Crippen molar-refractivity contribution in [2.45, 2.75) is 46.1 Å². The van der Waals surface area contributed by atoms with Crippen LogP contribution >= 0.6 is 0 Å². The maximum atomic E-state index is 3.48. The molecule has 1 N–H and O–H groups in total. The van der Waals surface area contributed by atoms with Crippen LogP contribution in [0.2, 0.25) is 0 Å². The summed E-state index contributed by atoms with van der Waals surface area (Å²) in [5, 5.41) is 3.48. The fourth-order valence-corrected chi connectivity index (χ4v) is 2.62. The number of nitrogens with zero attached hydrogens (tertiary/aromatic N) is 1. The van der Waals surface area contributed by atoms with Gasteiger partial charge in [-0.2, -0.15) is 0 Å². The maximum Gasteiger partial charge on any atom is 0.0372 e. The maximum absolute atomic E-state index is 3.48. The van der Waals surface area contributed by atoms with E-state index >= 15 is 0 Å². The third kappa shape index (κ3) is 3.49. The Balaban J connectivity index is 1.99. The summed E-state index contributed by atoms with van der Waals surface area (Å²) in [4.78, 5) is 2.54. The zero-order valence-electron chi connectivity index (χ0n) is 11.8. The summed E-state index contributed by atoms with van der Waals surface area (Å²) in [6.07, 6.45) is 5.09. The van der Waals surface area contributed by atoms with Gasteiger partial charge in [0.15, 0.2) is 0 Å². The van der Waals surface area contributed by atoms with Crippen LogP contribution in [0, 0.1) is 0 Å². The molecule has 0 saturated carbocycles. The molecule has 1 heterocycles. The summed E-state index contributed by atoms with van der Waals surface area (Å²) >= 11 is 0. The zero-order valence-corrected chi connectivity index (χ0v) is 11.8. The minimum absolute atomic E-state index is 1.10. The van der Waals surface area contributed by atoms with Gasteiger partial charge in [-0.15, -0.1) is 0 Å². The number of hydrogen-bond acceptors (Lipinski definition) is 2. The van der Waals surface area contributed by atoms with Crippen molar-refractivity contribution < 1.29 is 0 Å². The molecule has 0 radical (unpaired) electrons. The summed E-state index contributed by atoms with van der Waals surface area (Å²) in [6.45, 7) is 9.12. The van der Waals surface area contributed by atoms with E-state index in [1.54, 1.807) is 0 Å². The first-order valence-electron chi connectivity index (χ1n) is 7.41. The van der Waals surface area contributed by atoms with Gasteiger partial charge >= 0.3 is 0 Å². The van der Waals surface area contributed by atoms with Crippen molar-refractivity contribution in [1.29, 1.82) is 0 Å². The lowest BCUT2D eigenvalue weighted by Gasteiger charge is -2.23. The van der Waals surface area contributed by atoms with Crippen LogP contribution in [-0.4, -0.2) is 24.5 Å². The lowest BCUT2D eigenvalue weighted by molar-refractivity contribution is 0.275. The van der Waals surface area contributed by atoms with E-state index in [-0.39, 0.29) is 0 Å². The van der Waals surface area contributed by atoms with Gasteiger partial charge in [0, 0.05) is 18.8 Å². The highest BCUT2D eigenvalue weighted by molar-refractivity contribution is 5.54. The van der Waals surface area contributed by atoms with Gasteiger partial charge in [-0.05, 0) is 49.5 Å². The number of unbranched alkanes of at least 4 members (excludes halogenated alkanes) is 1. The quantitative estimate of drug-likeness (QED) is 0.824. The molecule has 0 aliphatic carbocycles. The van der Waals surface area contributed by atoms with Crippen molar-refractivity contribution in [3.05, 3.63) is 29.3 Å². The normalized spacial score (nSPS) is 14.4. The molecule has 2 nitrogen and oxygen atoms in total. The number of fused-ring (bicyclic) bond motifs is 1. The minimum atomic E-state index is 1.10. The van der Waals surface area contributed by atoms with Crippen molar-refractivity contribution >= 4 is 5.69 Å². The Labute approximate surface area is 111 Å². The van der Waals surface area contributed by atoms with E-state index in [9.17, 15) is 0 Å². The lowest BCUT2D eigenvalue weighted by Crippen LogP contribution is -2.24. The Morgan fingerprint density at radius 2 is 2.17 bits per heavy atom. The van der Waals surface area contributed by atoms with Gasteiger partial charge in [0.05, 0.1) is 0 Å². The minimum Gasteiger partial charge on any atom is -0.385 e. The molecule has 1 aromatic carbocycles. The average molecular weight is 246 g/mol. The van der Waals surface area contributed by atoms with Crippen LogP contribution in [0.4, 0.5) is 5.69 Å². The van der Waals surface area contributed by atoms with E-state index in [1.165, 1.54) is 49.0 Å². The van der Waals surface area contributed by atoms with E-state index in [0.717, 1.165) is 19.6 Å². The molecule has 100 valence electrons. The van der Waals surface area contributed by atoms with Crippen molar-refractivity contribution in [3.63, 3.8) is 0 Å². The fourth-order valence-electron chi connectivity index (χ4n) is 2.62. The second-order valence-corrected chi connectivity index (χ2v) is 5.24. The first-order valence-corrected chi connectivity index (χ1v) is 7.41. The summed E-state index contributed by atoms with van der Waals surface area (Å²) in [5.74, 6) is 0. The number of aryl methyl sites for hydroxylation is 1. The van der Waals surface area contributed by atoms with Crippen molar-refractivity contribution in [2.75, 3.05) is 25.0 Å². The monoisotopic (exact) mass is 246 g/mol. The van der Waals surface area contributed by atoms with E-state index < -0.39 is 0 Å². The molecule has 0 atom stereocenters. The Morgan fingerprint density at radius 3 is 2.94 bits per heavy atom. The highest BCUT2D eigenvalue weighted by atomic mass is 15.1. The van der Waals surface area contributed by atoms with E-state index in [0.29, 0.717) is 0 Å². The Kier molecular flexibility index (Phi) is 5.06. The lowest BCUT2D eigenvalue weighted by atomic mass is 10.0. The van der Waals surface area contributed by atoms with Crippen LogP contribution in [0.3, 0.4) is 0 Å². The summed E-state index contributed by atoms with van der Waals surface area (Å²) in [6, 6.07) is 6.94. The Hall–Kier alpha value is -1.02. The van der Waals surface area contributed by atoms with Crippen molar-refractivity contribution in [3.8, 4) is 0 Å². The molecule has 0 aromatic heterocycles. The molecule has 1 aliphatic rings. The first-order chi connectivity index (χ1) is 8.83. The van der Waals surface area contributed by atoms with Crippen LogP contribution < -0.4 is 5.32 Å². The molecule has 1 aliphatic heterocycles. The standard InChI is InChI=1S/C16H26N2/c1-3-5-11-18(4-2)13-14-8-9-16-15(12-14)7-6-10-17-16/h8-9,12,17H,3-7,10-11,13H2,1-2H3. The molecular formula is C16H26N2. The second kappa shape index (κ2) is 6.79. The van der Waals surface area contributed by atoms with Crippen molar-refractivity contribution in [2.24, 2.45) is 0 Å². The predicted octanol–water partition coefficient (Wildman–Crippen LogP) is 3.67. The van der Waals surface area contributed by atoms with Crippen LogP contribution in [0.1, 0.15) is 44.2 Å². The third-order valence-corrected chi connectivity index (χ3v) is 3.79. The molecule has 0 fully saturated rings. The smallest absolute Gasteiger partial charge is 0.0372 e. The molecular weight excluding hydrogens is 220 g/mol. The third-order valence-electron chi connectivity index (χ3n) is 3.79. The van der Waals surface area contributed by atoms with Gasteiger partial charge in [0.25, 0.3) is 0 Å². The van der Waals surface area contributed by atoms with Gasteiger partial charge in [-0.3, -0.25) is 4.90 Å². The molecule has 0 amide bonds. The topological polar surface area (TPSA) is 15.3 Å². The molecule has 0 bridgehead atoms. The number of nitrogens with one attached hydrogen (secondary N) is 1. The molecule has 0 saturated heterocycles. The van der Waals surface area contributed by atoms with Crippen LogP contribution in [0.5, 0.6) is 0 Å². The molecule has 2 heteroatoms. The van der Waals surface area contributed by atoms with Crippen molar-refractivity contribution in [1.82, 2.24) is 4.90 Å². The van der Waals surface area contributed by atoms with Crippen LogP contribution in [0.15, 0.2) is 18.2 Å². The molecule has 1 aromatic rings. The zero-order chi connectivity index (χ0) is 12.8. The molecule has 18 heavy (non-hydrogen) atoms. The summed E-state index contributed by atoms with van der Waals surface area (Å²) in [5.41, 5.74) is 4.32. The number of benzene rings is 1. The first kappa shape index (κ1) is 13.4. The second-order valence-electron chi connectivity index (χ2n) is 5.24. The predicted molar refractivity (Wildman–Crippen MR) is 79.1 cm³/mol. The summed E-state index contributed by atoms with van der Waals surface area (Å²) in [7, 11) is 0. The molecule has 0 unspecified atom stereocenters. The number of hydrogen-bond donors (Lipinski definition) is 1. The summed E-state index contributed by atoms with van der Waals surface area (Å²) < 4.78 is 0. The van der Waals surface area contributed by atoms with E-state index in [1.807, 2.05) is 0 Å². The van der Waals surface area contributed by atoms with Gasteiger partial charge < -0.3 is 5.32 Å². The average Bonchev–Trinajstić information content (AvgIpc) is 2.43. The molecule has 0 spiro atoms. The van der Waals surface area contributed by atoms with Gasteiger partial charge in [0.2, 0.25) is 0 Å². The largest absolute Gasteiger partial charge is 0.385 e.